The molecule has 0 radical (unpaired) electrons. The molecule has 2 aliphatic rings. The van der Waals surface area contributed by atoms with Crippen molar-refractivity contribution in [3.63, 3.8) is 0 Å². The SMILES string of the molecule is CC1=CC[C@@H](C2(C)CO2)C[C@H]1O[Si](c1ccccc1)(c1ccccc1)C(C)(C)C. The van der Waals surface area contributed by atoms with Gasteiger partial charge < -0.3 is 9.16 Å². The van der Waals surface area contributed by atoms with Crippen LogP contribution in [0.1, 0.15) is 47.5 Å². The van der Waals surface area contributed by atoms with Crippen LogP contribution in [0.4, 0.5) is 0 Å². The Balaban J connectivity index is 1.80. The van der Waals surface area contributed by atoms with E-state index in [1.54, 1.807) is 0 Å². The lowest BCUT2D eigenvalue weighted by molar-refractivity contribution is 0.135. The summed E-state index contributed by atoms with van der Waals surface area (Å²) in [7, 11) is -2.53. The molecule has 0 N–H and O–H groups in total. The molecule has 154 valence electrons. The van der Waals surface area contributed by atoms with Gasteiger partial charge in [-0.2, -0.15) is 0 Å². The van der Waals surface area contributed by atoms with Gasteiger partial charge in [-0.05, 0) is 53.6 Å². The summed E-state index contributed by atoms with van der Waals surface area (Å²) in [5, 5.41) is 2.70. The third-order valence-electron chi connectivity index (χ3n) is 6.93. The minimum Gasteiger partial charge on any atom is -0.401 e. The maximum absolute atomic E-state index is 7.40. The highest BCUT2D eigenvalue weighted by Gasteiger charge is 2.53. The lowest BCUT2D eigenvalue weighted by atomic mass is 9.80. The summed E-state index contributed by atoms with van der Waals surface area (Å²) < 4.78 is 13.2. The number of benzene rings is 2. The summed E-state index contributed by atoms with van der Waals surface area (Å²) in [4.78, 5) is 0. The van der Waals surface area contributed by atoms with Gasteiger partial charge in [0.05, 0.1) is 18.3 Å². The highest BCUT2D eigenvalue weighted by Crippen LogP contribution is 2.45. The molecule has 0 amide bonds. The molecule has 0 aromatic heterocycles. The molecule has 1 aliphatic heterocycles. The lowest BCUT2D eigenvalue weighted by Crippen LogP contribution is -2.68. The number of hydrogen-bond acceptors (Lipinski definition) is 2. The molecule has 3 atom stereocenters. The lowest BCUT2D eigenvalue weighted by Gasteiger charge is -2.46. The van der Waals surface area contributed by atoms with E-state index in [-0.39, 0.29) is 16.7 Å². The zero-order chi connectivity index (χ0) is 20.7. The van der Waals surface area contributed by atoms with Gasteiger partial charge in [-0.1, -0.05) is 87.5 Å². The normalized spacial score (nSPS) is 27.4. The second-order valence-electron chi connectivity index (χ2n) is 9.99. The van der Waals surface area contributed by atoms with Crippen LogP contribution < -0.4 is 10.4 Å². The number of allylic oxidation sites excluding steroid dienone is 1. The van der Waals surface area contributed by atoms with Gasteiger partial charge in [0.15, 0.2) is 0 Å². The number of ether oxygens (including phenoxy) is 1. The van der Waals surface area contributed by atoms with Crippen LogP contribution in [0.15, 0.2) is 72.3 Å². The van der Waals surface area contributed by atoms with E-state index in [4.69, 9.17) is 9.16 Å². The van der Waals surface area contributed by atoms with Crippen molar-refractivity contribution in [2.24, 2.45) is 5.92 Å². The van der Waals surface area contributed by atoms with Gasteiger partial charge in [0, 0.05) is 0 Å². The Bertz CT molecular complexity index is 823. The Labute approximate surface area is 177 Å². The van der Waals surface area contributed by atoms with Gasteiger partial charge >= 0.3 is 0 Å². The van der Waals surface area contributed by atoms with Gasteiger partial charge in [0.25, 0.3) is 8.32 Å². The van der Waals surface area contributed by atoms with Crippen LogP contribution in [-0.4, -0.2) is 26.6 Å². The summed E-state index contributed by atoms with van der Waals surface area (Å²) in [5.74, 6) is 0.536. The summed E-state index contributed by atoms with van der Waals surface area (Å²) in [5.41, 5.74) is 1.42. The van der Waals surface area contributed by atoms with Crippen LogP contribution in [0.5, 0.6) is 0 Å². The van der Waals surface area contributed by atoms with Gasteiger partial charge in [0.1, 0.15) is 0 Å². The fourth-order valence-electron chi connectivity index (χ4n) is 4.89. The maximum atomic E-state index is 7.40. The van der Waals surface area contributed by atoms with Crippen LogP contribution in [0.2, 0.25) is 5.04 Å². The fourth-order valence-corrected chi connectivity index (χ4v) is 9.62. The molecule has 4 rings (SSSR count). The molecule has 3 heteroatoms. The standard InChI is InChI=1S/C26H34O2Si/c1-20-16-17-21(26(5)19-27-26)18-24(20)28-29(25(2,3)4,22-12-8-6-9-13-22)23-14-10-7-11-15-23/h6-16,21,24H,17-19H2,1-5H3/t21-,24-,26?/m1/s1. The van der Waals surface area contributed by atoms with E-state index in [9.17, 15) is 0 Å². The largest absolute Gasteiger partial charge is 0.401 e. The van der Waals surface area contributed by atoms with E-state index >= 15 is 0 Å². The minimum absolute atomic E-state index is 0.00289. The molecule has 2 aromatic rings. The topological polar surface area (TPSA) is 21.8 Å². The van der Waals surface area contributed by atoms with E-state index in [1.165, 1.54) is 15.9 Å². The minimum atomic E-state index is -2.53. The third kappa shape index (κ3) is 3.76. The van der Waals surface area contributed by atoms with Crippen molar-refractivity contribution in [2.75, 3.05) is 6.61 Å². The van der Waals surface area contributed by atoms with Gasteiger partial charge in [-0.25, -0.2) is 0 Å². The summed E-state index contributed by atoms with van der Waals surface area (Å²) in [6.07, 6.45) is 4.68. The Morgan fingerprint density at radius 2 is 1.48 bits per heavy atom. The smallest absolute Gasteiger partial charge is 0.261 e. The zero-order valence-electron chi connectivity index (χ0n) is 18.4. The van der Waals surface area contributed by atoms with E-state index in [1.807, 2.05) is 0 Å². The molecule has 1 heterocycles. The molecular formula is C26H34O2Si. The van der Waals surface area contributed by atoms with Crippen molar-refractivity contribution in [3.8, 4) is 0 Å². The molecular weight excluding hydrogens is 372 g/mol. The maximum Gasteiger partial charge on any atom is 0.261 e. The summed E-state index contributed by atoms with van der Waals surface area (Å²) >= 11 is 0. The van der Waals surface area contributed by atoms with Gasteiger partial charge in [0.2, 0.25) is 0 Å². The molecule has 2 aromatic carbocycles. The van der Waals surface area contributed by atoms with Crippen molar-refractivity contribution < 1.29 is 9.16 Å². The molecule has 0 spiro atoms. The fraction of sp³-hybridized carbons (Fsp3) is 0.462. The van der Waals surface area contributed by atoms with Crippen molar-refractivity contribution in [3.05, 3.63) is 72.3 Å². The summed E-state index contributed by atoms with van der Waals surface area (Å²) in [6, 6.07) is 21.9. The Morgan fingerprint density at radius 3 is 1.93 bits per heavy atom. The van der Waals surface area contributed by atoms with E-state index in [2.05, 4.69) is 101 Å². The second kappa shape index (κ2) is 7.53. The van der Waals surface area contributed by atoms with Crippen LogP contribution in [-0.2, 0) is 9.16 Å². The van der Waals surface area contributed by atoms with Gasteiger partial charge in [-0.15, -0.1) is 0 Å². The molecule has 1 unspecified atom stereocenters. The summed E-state index contributed by atoms with van der Waals surface area (Å²) in [6.45, 7) is 12.4. The highest BCUT2D eigenvalue weighted by molar-refractivity contribution is 6.99. The van der Waals surface area contributed by atoms with Crippen molar-refractivity contribution in [1.29, 1.82) is 0 Å². The second-order valence-corrected chi connectivity index (χ2v) is 14.2. The first-order valence-electron chi connectivity index (χ1n) is 10.9. The molecule has 0 bridgehead atoms. The Hall–Kier alpha value is -1.68. The first kappa shape index (κ1) is 20.6. The van der Waals surface area contributed by atoms with E-state index in [0.717, 1.165) is 19.4 Å². The molecule has 1 fully saturated rings. The first-order valence-corrected chi connectivity index (χ1v) is 12.8. The van der Waals surface area contributed by atoms with Crippen LogP contribution in [0.3, 0.4) is 0 Å². The van der Waals surface area contributed by atoms with Crippen molar-refractivity contribution in [2.45, 2.75) is 64.2 Å². The number of epoxide rings is 1. The molecule has 0 saturated carbocycles. The molecule has 29 heavy (non-hydrogen) atoms. The quantitative estimate of drug-likeness (QED) is 0.392. The van der Waals surface area contributed by atoms with Crippen LogP contribution in [0.25, 0.3) is 0 Å². The average Bonchev–Trinajstić information content (AvgIpc) is 3.46. The third-order valence-corrected chi connectivity index (χ3v) is 12.0. The van der Waals surface area contributed by atoms with Crippen molar-refractivity contribution in [1.82, 2.24) is 0 Å². The van der Waals surface area contributed by atoms with Crippen LogP contribution in [0, 0.1) is 5.92 Å². The van der Waals surface area contributed by atoms with E-state index < -0.39 is 8.32 Å². The number of rotatable bonds is 5. The Morgan fingerprint density at radius 1 is 0.966 bits per heavy atom. The van der Waals surface area contributed by atoms with E-state index in [0.29, 0.717) is 5.92 Å². The molecule has 1 saturated heterocycles. The van der Waals surface area contributed by atoms with Gasteiger partial charge in [-0.3, -0.25) is 0 Å². The average molecular weight is 407 g/mol. The predicted octanol–water partition coefficient (Wildman–Crippen LogP) is 5.08. The number of hydrogen-bond donors (Lipinski definition) is 0. The zero-order valence-corrected chi connectivity index (χ0v) is 19.4. The first-order chi connectivity index (χ1) is 13.8. The Kier molecular flexibility index (Phi) is 5.35. The van der Waals surface area contributed by atoms with Crippen molar-refractivity contribution >= 4 is 18.7 Å². The predicted molar refractivity (Wildman–Crippen MR) is 123 cm³/mol. The monoisotopic (exact) mass is 406 g/mol. The van der Waals surface area contributed by atoms with Crippen LogP contribution >= 0.6 is 0 Å². The highest BCUT2D eigenvalue weighted by atomic mass is 28.4. The molecule has 2 nitrogen and oxygen atoms in total. The molecule has 1 aliphatic carbocycles.